The molecule has 4 rings (SSSR count). The average Bonchev–Trinajstić information content (AvgIpc) is 2.88. The summed E-state index contributed by atoms with van der Waals surface area (Å²) in [4.78, 5) is 12.4. The van der Waals surface area contributed by atoms with Crippen molar-refractivity contribution in [3.05, 3.63) is 96.1 Å². The molecule has 7 nitrogen and oxygen atoms in total. The van der Waals surface area contributed by atoms with Gasteiger partial charge in [0.1, 0.15) is 6.61 Å². The van der Waals surface area contributed by atoms with Gasteiger partial charge in [-0.25, -0.2) is 0 Å². The highest BCUT2D eigenvalue weighted by Gasteiger charge is 2.07. The van der Waals surface area contributed by atoms with Crippen LogP contribution in [0, 0.1) is 6.92 Å². The molecule has 3 aromatic carbocycles. The van der Waals surface area contributed by atoms with E-state index < -0.39 is 0 Å². The maximum atomic E-state index is 12.4. The van der Waals surface area contributed by atoms with Crippen LogP contribution in [0.25, 0.3) is 11.3 Å². The standard InChI is InChI=1S/C27H26N4O3/c1-19-7-9-20(10-8-19)23-15-16-26(31-30-23)29-22-13-11-21(12-14-22)27(32)28-17-18-34-25-6-4-3-5-24(25)33-2/h3-16H,17-18H2,1-2H3,(H,28,32)(H,29,31). The number of ether oxygens (including phenoxy) is 2. The highest BCUT2D eigenvalue weighted by molar-refractivity contribution is 5.94. The van der Waals surface area contributed by atoms with Gasteiger partial charge in [-0.3, -0.25) is 4.79 Å². The molecule has 0 radical (unpaired) electrons. The minimum atomic E-state index is -0.169. The smallest absolute Gasteiger partial charge is 0.251 e. The summed E-state index contributed by atoms with van der Waals surface area (Å²) in [6.07, 6.45) is 0. The van der Waals surface area contributed by atoms with Crippen molar-refractivity contribution in [2.45, 2.75) is 6.92 Å². The largest absolute Gasteiger partial charge is 0.493 e. The Morgan fingerprint density at radius 1 is 0.853 bits per heavy atom. The van der Waals surface area contributed by atoms with Crippen molar-refractivity contribution in [2.75, 3.05) is 25.6 Å². The zero-order valence-corrected chi connectivity index (χ0v) is 19.1. The molecule has 34 heavy (non-hydrogen) atoms. The summed E-state index contributed by atoms with van der Waals surface area (Å²) < 4.78 is 10.9. The van der Waals surface area contributed by atoms with E-state index in [4.69, 9.17) is 9.47 Å². The Morgan fingerprint density at radius 3 is 2.26 bits per heavy atom. The predicted molar refractivity (Wildman–Crippen MR) is 133 cm³/mol. The van der Waals surface area contributed by atoms with Crippen LogP contribution in [0.15, 0.2) is 84.9 Å². The Hall–Kier alpha value is -4.39. The fraction of sp³-hybridized carbons (Fsp3) is 0.148. The Balaban J connectivity index is 1.27. The lowest BCUT2D eigenvalue weighted by atomic mass is 10.1. The molecule has 0 aliphatic carbocycles. The third-order valence-electron chi connectivity index (χ3n) is 5.15. The second-order valence-electron chi connectivity index (χ2n) is 7.63. The van der Waals surface area contributed by atoms with Gasteiger partial charge in [-0.05, 0) is 55.5 Å². The second kappa shape index (κ2) is 11.0. The molecule has 0 atom stereocenters. The zero-order chi connectivity index (χ0) is 23.8. The predicted octanol–water partition coefficient (Wildman–Crippen LogP) is 5.01. The molecule has 0 bridgehead atoms. The van der Waals surface area contributed by atoms with Crippen molar-refractivity contribution in [3.63, 3.8) is 0 Å². The van der Waals surface area contributed by atoms with E-state index in [9.17, 15) is 4.79 Å². The van der Waals surface area contributed by atoms with Gasteiger partial charge in [0.2, 0.25) is 0 Å². The van der Waals surface area contributed by atoms with Gasteiger partial charge in [0.25, 0.3) is 5.91 Å². The lowest BCUT2D eigenvalue weighted by Crippen LogP contribution is -2.28. The number of methoxy groups -OCH3 is 1. The third-order valence-corrected chi connectivity index (χ3v) is 5.15. The number of aryl methyl sites for hydroxylation is 1. The molecular weight excluding hydrogens is 428 g/mol. The van der Waals surface area contributed by atoms with Crippen molar-refractivity contribution in [1.29, 1.82) is 0 Å². The summed E-state index contributed by atoms with van der Waals surface area (Å²) in [6, 6.07) is 26.5. The van der Waals surface area contributed by atoms with Crippen molar-refractivity contribution in [1.82, 2.24) is 15.5 Å². The average molecular weight is 455 g/mol. The van der Waals surface area contributed by atoms with E-state index in [0.29, 0.717) is 36.0 Å². The van der Waals surface area contributed by atoms with Gasteiger partial charge >= 0.3 is 0 Å². The van der Waals surface area contributed by atoms with Gasteiger partial charge in [-0.1, -0.05) is 42.0 Å². The highest BCUT2D eigenvalue weighted by atomic mass is 16.5. The monoisotopic (exact) mass is 454 g/mol. The maximum absolute atomic E-state index is 12.4. The van der Waals surface area contributed by atoms with E-state index in [1.807, 2.05) is 72.8 Å². The van der Waals surface area contributed by atoms with Crippen LogP contribution >= 0.6 is 0 Å². The Kier molecular flexibility index (Phi) is 7.35. The van der Waals surface area contributed by atoms with Crippen LogP contribution in [-0.2, 0) is 0 Å². The Morgan fingerprint density at radius 2 is 1.59 bits per heavy atom. The van der Waals surface area contributed by atoms with Crippen molar-refractivity contribution in [3.8, 4) is 22.8 Å². The first-order chi connectivity index (χ1) is 16.6. The Bertz CT molecular complexity index is 1220. The van der Waals surface area contributed by atoms with Crippen LogP contribution in [0.1, 0.15) is 15.9 Å². The van der Waals surface area contributed by atoms with E-state index in [0.717, 1.165) is 16.9 Å². The summed E-state index contributed by atoms with van der Waals surface area (Å²) >= 11 is 0. The number of anilines is 2. The van der Waals surface area contributed by atoms with Crippen LogP contribution in [0.2, 0.25) is 0 Å². The minimum Gasteiger partial charge on any atom is -0.493 e. The molecule has 0 saturated carbocycles. The minimum absolute atomic E-state index is 0.169. The molecule has 0 unspecified atom stereocenters. The number of carbonyl (C=O) groups excluding carboxylic acids is 1. The third kappa shape index (κ3) is 5.89. The van der Waals surface area contributed by atoms with Gasteiger partial charge in [0, 0.05) is 16.8 Å². The number of carbonyl (C=O) groups is 1. The quantitative estimate of drug-likeness (QED) is 0.346. The number of hydrogen-bond acceptors (Lipinski definition) is 6. The first-order valence-corrected chi connectivity index (χ1v) is 10.9. The first-order valence-electron chi connectivity index (χ1n) is 10.9. The van der Waals surface area contributed by atoms with E-state index in [1.165, 1.54) is 5.56 Å². The number of para-hydroxylation sites is 2. The molecule has 7 heteroatoms. The number of hydrogen-bond donors (Lipinski definition) is 2. The van der Waals surface area contributed by atoms with Gasteiger partial charge < -0.3 is 20.1 Å². The van der Waals surface area contributed by atoms with Gasteiger partial charge in [-0.2, -0.15) is 0 Å². The fourth-order valence-electron chi connectivity index (χ4n) is 3.30. The highest BCUT2D eigenvalue weighted by Crippen LogP contribution is 2.25. The molecule has 2 N–H and O–H groups in total. The Labute approximate surface area is 198 Å². The van der Waals surface area contributed by atoms with Crippen molar-refractivity contribution >= 4 is 17.4 Å². The molecule has 0 aliphatic rings. The molecule has 1 amide bonds. The molecular formula is C27H26N4O3. The van der Waals surface area contributed by atoms with Crippen LogP contribution in [-0.4, -0.2) is 36.4 Å². The summed E-state index contributed by atoms with van der Waals surface area (Å²) in [7, 11) is 1.59. The van der Waals surface area contributed by atoms with Crippen LogP contribution in [0.4, 0.5) is 11.5 Å². The molecule has 1 aromatic heterocycles. The van der Waals surface area contributed by atoms with Gasteiger partial charge in [-0.15, -0.1) is 10.2 Å². The molecule has 172 valence electrons. The number of nitrogens with one attached hydrogen (secondary N) is 2. The summed E-state index contributed by atoms with van der Waals surface area (Å²) in [5.41, 5.74) is 4.41. The molecule has 0 aliphatic heterocycles. The van der Waals surface area contributed by atoms with Crippen molar-refractivity contribution in [2.24, 2.45) is 0 Å². The topological polar surface area (TPSA) is 85.4 Å². The van der Waals surface area contributed by atoms with E-state index in [1.54, 1.807) is 19.2 Å². The van der Waals surface area contributed by atoms with E-state index in [2.05, 4.69) is 27.8 Å². The summed E-state index contributed by atoms with van der Waals surface area (Å²) in [5.74, 6) is 1.76. The zero-order valence-electron chi connectivity index (χ0n) is 19.1. The number of aromatic nitrogens is 2. The SMILES string of the molecule is COc1ccccc1OCCNC(=O)c1ccc(Nc2ccc(-c3ccc(C)cc3)nn2)cc1. The number of nitrogens with zero attached hydrogens (tertiary/aromatic N) is 2. The van der Waals surface area contributed by atoms with E-state index in [-0.39, 0.29) is 5.91 Å². The van der Waals surface area contributed by atoms with Crippen LogP contribution < -0.4 is 20.1 Å². The number of rotatable bonds is 9. The molecule has 4 aromatic rings. The molecule has 0 spiro atoms. The second-order valence-corrected chi connectivity index (χ2v) is 7.63. The number of amides is 1. The summed E-state index contributed by atoms with van der Waals surface area (Å²) in [6.45, 7) is 2.76. The molecule has 1 heterocycles. The first kappa shape index (κ1) is 22.8. The summed E-state index contributed by atoms with van der Waals surface area (Å²) in [5, 5.41) is 14.6. The maximum Gasteiger partial charge on any atom is 0.251 e. The fourth-order valence-corrected chi connectivity index (χ4v) is 3.30. The van der Waals surface area contributed by atoms with Gasteiger partial charge in [0.05, 0.1) is 19.3 Å². The van der Waals surface area contributed by atoms with Gasteiger partial charge in [0.15, 0.2) is 17.3 Å². The molecule has 0 fully saturated rings. The number of benzene rings is 3. The van der Waals surface area contributed by atoms with E-state index >= 15 is 0 Å². The lowest BCUT2D eigenvalue weighted by molar-refractivity contribution is 0.0947. The van der Waals surface area contributed by atoms with Crippen LogP contribution in [0.5, 0.6) is 11.5 Å². The van der Waals surface area contributed by atoms with Crippen molar-refractivity contribution < 1.29 is 14.3 Å². The molecule has 0 saturated heterocycles. The lowest BCUT2D eigenvalue weighted by Gasteiger charge is -2.11. The van der Waals surface area contributed by atoms with Crippen LogP contribution in [0.3, 0.4) is 0 Å². The normalized spacial score (nSPS) is 10.4.